The fraction of sp³-hybridized carbons (Fsp3) is 0.400. The topological polar surface area (TPSA) is 64.1 Å². The van der Waals surface area contributed by atoms with Crippen molar-refractivity contribution in [3.63, 3.8) is 0 Å². The third-order valence-electron chi connectivity index (χ3n) is 1.05. The Hall–Kier alpha value is -1.03. The molecule has 1 heterocycles. The zero-order valence-corrected chi connectivity index (χ0v) is 5.15. The van der Waals surface area contributed by atoms with Gasteiger partial charge in [0.1, 0.15) is 12.0 Å². The van der Waals surface area contributed by atoms with Gasteiger partial charge >= 0.3 is 0 Å². The van der Waals surface area contributed by atoms with Gasteiger partial charge in [-0.3, -0.25) is 0 Å². The van der Waals surface area contributed by atoms with Crippen LogP contribution in [0.1, 0.15) is 13.2 Å². The van der Waals surface area contributed by atoms with Gasteiger partial charge in [-0.2, -0.15) is 5.10 Å². The molecule has 0 radical (unpaired) electrons. The molecule has 0 fully saturated rings. The van der Waals surface area contributed by atoms with Gasteiger partial charge in [-0.1, -0.05) is 0 Å². The van der Waals surface area contributed by atoms with Gasteiger partial charge in [0.15, 0.2) is 0 Å². The first-order chi connectivity index (χ1) is 4.22. The number of hydrogen-bond donors (Lipinski definition) is 2. The van der Waals surface area contributed by atoms with Crippen LogP contribution in [-0.4, -0.2) is 14.9 Å². The summed E-state index contributed by atoms with van der Waals surface area (Å²) in [6, 6.07) is 1.63. The lowest BCUT2D eigenvalue weighted by Gasteiger charge is -2.04. The summed E-state index contributed by atoms with van der Waals surface area (Å²) < 4.78 is 1.33. The largest absolute Gasteiger partial charge is 0.384 e. The highest BCUT2D eigenvalue weighted by molar-refractivity contribution is 5.25. The SMILES string of the molecule is CC(O)n1nccc1N. The summed E-state index contributed by atoms with van der Waals surface area (Å²) >= 11 is 0. The molecule has 0 spiro atoms. The monoisotopic (exact) mass is 127 g/mol. The summed E-state index contributed by atoms with van der Waals surface area (Å²) in [5.74, 6) is 0.477. The van der Waals surface area contributed by atoms with Gasteiger partial charge in [0, 0.05) is 6.07 Å². The molecule has 0 amide bonds. The van der Waals surface area contributed by atoms with E-state index in [1.807, 2.05) is 0 Å². The first-order valence-corrected chi connectivity index (χ1v) is 2.69. The van der Waals surface area contributed by atoms with Crippen LogP contribution in [0.15, 0.2) is 12.3 Å². The zero-order valence-electron chi connectivity index (χ0n) is 5.15. The first kappa shape index (κ1) is 6.10. The van der Waals surface area contributed by atoms with Crippen LogP contribution >= 0.6 is 0 Å². The lowest BCUT2D eigenvalue weighted by atomic mass is 10.6. The molecule has 0 aliphatic heterocycles. The Labute approximate surface area is 52.9 Å². The second kappa shape index (κ2) is 2.06. The molecule has 0 aliphatic rings. The Morgan fingerprint density at radius 1 is 1.89 bits per heavy atom. The number of anilines is 1. The van der Waals surface area contributed by atoms with Crippen LogP contribution < -0.4 is 5.73 Å². The number of rotatable bonds is 1. The Morgan fingerprint density at radius 3 is 2.78 bits per heavy atom. The first-order valence-electron chi connectivity index (χ1n) is 2.69. The van der Waals surface area contributed by atoms with Crippen LogP contribution in [0.2, 0.25) is 0 Å². The molecule has 0 saturated heterocycles. The van der Waals surface area contributed by atoms with Crippen LogP contribution in [0.25, 0.3) is 0 Å². The maximum absolute atomic E-state index is 8.91. The summed E-state index contributed by atoms with van der Waals surface area (Å²) in [6.45, 7) is 1.60. The molecule has 0 saturated carbocycles. The summed E-state index contributed by atoms with van der Waals surface area (Å²) in [5.41, 5.74) is 5.38. The Kier molecular flexibility index (Phi) is 1.40. The maximum atomic E-state index is 8.91. The Balaban J connectivity index is 2.94. The van der Waals surface area contributed by atoms with E-state index in [9.17, 15) is 0 Å². The minimum Gasteiger partial charge on any atom is -0.384 e. The summed E-state index contributed by atoms with van der Waals surface area (Å²) in [5, 5.41) is 12.7. The van der Waals surface area contributed by atoms with Crippen LogP contribution in [0.5, 0.6) is 0 Å². The van der Waals surface area contributed by atoms with Crippen LogP contribution in [-0.2, 0) is 0 Å². The standard InChI is InChI=1S/C5H9N3O/c1-4(9)8-5(6)2-3-7-8/h2-4,9H,6H2,1H3. The molecule has 1 atom stereocenters. The van der Waals surface area contributed by atoms with E-state index >= 15 is 0 Å². The van der Waals surface area contributed by atoms with Crippen molar-refractivity contribution in [2.24, 2.45) is 0 Å². The number of aliphatic hydroxyl groups is 1. The fourth-order valence-electron chi connectivity index (χ4n) is 0.637. The van der Waals surface area contributed by atoms with Crippen LogP contribution in [0.4, 0.5) is 5.82 Å². The molecule has 1 aromatic rings. The molecule has 4 nitrogen and oxygen atoms in total. The van der Waals surface area contributed by atoms with E-state index < -0.39 is 6.23 Å². The molecular formula is C5H9N3O. The minimum absolute atomic E-state index is 0.477. The van der Waals surface area contributed by atoms with E-state index in [0.29, 0.717) is 5.82 Å². The van der Waals surface area contributed by atoms with E-state index in [0.717, 1.165) is 0 Å². The smallest absolute Gasteiger partial charge is 0.146 e. The van der Waals surface area contributed by atoms with Gasteiger partial charge < -0.3 is 10.8 Å². The van der Waals surface area contributed by atoms with Crippen molar-refractivity contribution in [3.8, 4) is 0 Å². The number of hydrogen-bond acceptors (Lipinski definition) is 3. The number of nitrogens with zero attached hydrogens (tertiary/aromatic N) is 2. The highest BCUT2D eigenvalue weighted by Crippen LogP contribution is 2.05. The summed E-state index contributed by atoms with van der Waals surface area (Å²) in [6.07, 6.45) is 0.905. The quantitative estimate of drug-likeness (QED) is 0.557. The molecule has 0 aromatic carbocycles. The molecule has 50 valence electrons. The minimum atomic E-state index is -0.639. The van der Waals surface area contributed by atoms with Crippen molar-refractivity contribution < 1.29 is 5.11 Å². The molecular weight excluding hydrogens is 118 g/mol. The molecule has 1 unspecified atom stereocenters. The number of nitrogen functional groups attached to an aromatic ring is 1. The van der Waals surface area contributed by atoms with Crippen LogP contribution in [0, 0.1) is 0 Å². The molecule has 9 heavy (non-hydrogen) atoms. The van der Waals surface area contributed by atoms with E-state index in [2.05, 4.69) is 5.10 Å². The third kappa shape index (κ3) is 1.02. The zero-order chi connectivity index (χ0) is 6.85. The fourth-order valence-corrected chi connectivity index (χ4v) is 0.637. The van der Waals surface area contributed by atoms with Crippen molar-refractivity contribution in [1.82, 2.24) is 9.78 Å². The van der Waals surface area contributed by atoms with Crippen molar-refractivity contribution in [3.05, 3.63) is 12.3 Å². The number of aromatic nitrogens is 2. The van der Waals surface area contributed by atoms with Crippen LogP contribution in [0.3, 0.4) is 0 Å². The highest BCUT2D eigenvalue weighted by atomic mass is 16.3. The van der Waals surface area contributed by atoms with Gasteiger partial charge in [0.2, 0.25) is 0 Å². The molecule has 0 aliphatic carbocycles. The average Bonchev–Trinajstić information content (AvgIpc) is 2.13. The van der Waals surface area contributed by atoms with Crippen molar-refractivity contribution >= 4 is 5.82 Å². The average molecular weight is 127 g/mol. The van der Waals surface area contributed by atoms with Crippen molar-refractivity contribution in [2.75, 3.05) is 5.73 Å². The second-order valence-corrected chi connectivity index (χ2v) is 1.83. The lowest BCUT2D eigenvalue weighted by Crippen LogP contribution is -2.08. The molecule has 1 rings (SSSR count). The molecule has 4 heteroatoms. The normalized spacial score (nSPS) is 13.6. The Morgan fingerprint density at radius 2 is 2.56 bits per heavy atom. The van der Waals surface area contributed by atoms with E-state index in [1.165, 1.54) is 4.68 Å². The predicted molar refractivity (Wildman–Crippen MR) is 33.6 cm³/mol. The van der Waals surface area contributed by atoms with Gasteiger partial charge in [-0.15, -0.1) is 0 Å². The number of nitrogens with two attached hydrogens (primary N) is 1. The van der Waals surface area contributed by atoms with Crippen molar-refractivity contribution in [2.45, 2.75) is 13.2 Å². The summed E-state index contributed by atoms with van der Waals surface area (Å²) in [4.78, 5) is 0. The summed E-state index contributed by atoms with van der Waals surface area (Å²) in [7, 11) is 0. The van der Waals surface area contributed by atoms with Gasteiger partial charge in [-0.25, -0.2) is 4.68 Å². The van der Waals surface area contributed by atoms with E-state index in [-0.39, 0.29) is 0 Å². The molecule has 3 N–H and O–H groups in total. The third-order valence-corrected chi connectivity index (χ3v) is 1.05. The van der Waals surface area contributed by atoms with Gasteiger partial charge in [-0.05, 0) is 6.92 Å². The van der Waals surface area contributed by atoms with E-state index in [4.69, 9.17) is 10.8 Å². The Bertz CT molecular complexity index is 194. The molecule has 0 bridgehead atoms. The van der Waals surface area contributed by atoms with Gasteiger partial charge in [0.05, 0.1) is 6.20 Å². The van der Waals surface area contributed by atoms with Gasteiger partial charge in [0.25, 0.3) is 0 Å². The number of aliphatic hydroxyl groups excluding tert-OH is 1. The maximum Gasteiger partial charge on any atom is 0.146 e. The van der Waals surface area contributed by atoms with E-state index in [1.54, 1.807) is 19.2 Å². The second-order valence-electron chi connectivity index (χ2n) is 1.83. The highest BCUT2D eigenvalue weighted by Gasteiger charge is 2.00. The van der Waals surface area contributed by atoms with Crippen molar-refractivity contribution in [1.29, 1.82) is 0 Å². The predicted octanol–water partition coefficient (Wildman–Crippen LogP) is -0.0239. The molecule has 1 aromatic heterocycles. The lowest BCUT2D eigenvalue weighted by molar-refractivity contribution is 0.113.